The van der Waals surface area contributed by atoms with Crippen LogP contribution in [-0.2, 0) is 16.3 Å². The number of hydrogen-bond acceptors (Lipinski definition) is 4. The number of aromatic amines is 1. The summed E-state index contributed by atoms with van der Waals surface area (Å²) in [6.45, 7) is 7.92. The Kier molecular flexibility index (Phi) is 5.22. The summed E-state index contributed by atoms with van der Waals surface area (Å²) in [7, 11) is -3.06. The number of pyridine rings is 1. The smallest absolute Gasteiger partial charge is 0.194 e. The molecule has 26 heavy (non-hydrogen) atoms. The lowest BCUT2D eigenvalue weighted by Crippen LogP contribution is -2.57. The van der Waals surface area contributed by atoms with Crippen LogP contribution in [0.1, 0.15) is 26.3 Å². The molecule has 0 bridgehead atoms. The van der Waals surface area contributed by atoms with Crippen molar-refractivity contribution < 1.29 is 8.42 Å². The number of fused-ring (bicyclic) bond motifs is 1. The van der Waals surface area contributed by atoms with Gasteiger partial charge in [-0.25, -0.2) is 13.4 Å². The zero-order valence-electron chi connectivity index (χ0n) is 15.6. The summed E-state index contributed by atoms with van der Waals surface area (Å²) in [6, 6.07) is 3.99. The molecule has 0 unspecified atom stereocenters. The predicted molar refractivity (Wildman–Crippen MR) is 105 cm³/mol. The van der Waals surface area contributed by atoms with Crippen LogP contribution in [0.25, 0.3) is 11.0 Å². The molecule has 8 heteroatoms. The number of guanidine groups is 1. The number of nitrogens with zero attached hydrogens (tertiary/aromatic N) is 3. The third-order valence-electron chi connectivity index (χ3n) is 4.86. The van der Waals surface area contributed by atoms with Crippen LogP contribution in [-0.4, -0.2) is 65.9 Å². The summed E-state index contributed by atoms with van der Waals surface area (Å²) in [6.07, 6.45) is 4.56. The van der Waals surface area contributed by atoms with E-state index in [1.807, 2.05) is 19.2 Å². The highest BCUT2D eigenvalue weighted by atomic mass is 32.2. The van der Waals surface area contributed by atoms with Gasteiger partial charge in [-0.3, -0.25) is 4.99 Å². The second-order valence-corrected chi connectivity index (χ2v) is 9.94. The lowest BCUT2D eigenvalue weighted by molar-refractivity contribution is 0.353. The molecule has 0 radical (unpaired) electrons. The molecular formula is C18H27N5O2S. The van der Waals surface area contributed by atoms with Gasteiger partial charge < -0.3 is 15.2 Å². The average Bonchev–Trinajstić information content (AvgIpc) is 3.00. The Morgan fingerprint density at radius 2 is 2.27 bits per heavy atom. The first-order chi connectivity index (χ1) is 12.3. The Labute approximate surface area is 154 Å². The van der Waals surface area contributed by atoms with Crippen molar-refractivity contribution >= 4 is 26.8 Å². The molecule has 1 aliphatic rings. The first kappa shape index (κ1) is 18.7. The van der Waals surface area contributed by atoms with Crippen LogP contribution in [0.15, 0.2) is 29.5 Å². The molecule has 0 amide bonds. The molecule has 0 aromatic carbocycles. The van der Waals surface area contributed by atoms with Gasteiger partial charge in [-0.05, 0) is 44.9 Å². The van der Waals surface area contributed by atoms with Crippen molar-refractivity contribution in [1.29, 1.82) is 0 Å². The molecule has 0 aliphatic carbocycles. The maximum Gasteiger partial charge on any atom is 0.194 e. The number of hydrogen-bond donors (Lipinski definition) is 2. The van der Waals surface area contributed by atoms with E-state index in [1.54, 1.807) is 20.0 Å². The van der Waals surface area contributed by atoms with Crippen LogP contribution in [0.4, 0.5) is 0 Å². The van der Waals surface area contributed by atoms with Crippen LogP contribution >= 0.6 is 0 Å². The number of sulfone groups is 1. The summed E-state index contributed by atoms with van der Waals surface area (Å²) in [5.74, 6) is 0.951. The fourth-order valence-corrected chi connectivity index (χ4v) is 4.62. The summed E-state index contributed by atoms with van der Waals surface area (Å²) in [5.41, 5.74) is 2.08. The highest BCUT2D eigenvalue weighted by Gasteiger charge is 2.40. The van der Waals surface area contributed by atoms with E-state index >= 15 is 0 Å². The van der Waals surface area contributed by atoms with Gasteiger partial charge in [-0.2, -0.15) is 0 Å². The second kappa shape index (κ2) is 7.26. The van der Waals surface area contributed by atoms with E-state index in [4.69, 9.17) is 4.99 Å². The fourth-order valence-electron chi connectivity index (χ4n) is 3.25. The predicted octanol–water partition coefficient (Wildman–Crippen LogP) is 1.58. The Morgan fingerprint density at radius 1 is 1.46 bits per heavy atom. The molecular weight excluding hydrogens is 350 g/mol. The van der Waals surface area contributed by atoms with Gasteiger partial charge in [0, 0.05) is 44.0 Å². The Morgan fingerprint density at radius 3 is 3.00 bits per heavy atom. The van der Waals surface area contributed by atoms with Crippen LogP contribution in [0.5, 0.6) is 0 Å². The Hall–Kier alpha value is -2.09. The zero-order chi connectivity index (χ0) is 18.8. The van der Waals surface area contributed by atoms with E-state index in [9.17, 15) is 8.42 Å². The largest absolute Gasteiger partial charge is 0.357 e. The van der Waals surface area contributed by atoms with Crippen molar-refractivity contribution in [3.05, 3.63) is 30.1 Å². The van der Waals surface area contributed by atoms with E-state index in [1.165, 1.54) is 5.56 Å². The van der Waals surface area contributed by atoms with Crippen molar-refractivity contribution in [2.45, 2.75) is 31.9 Å². The number of aliphatic imine (C=N–C) groups is 1. The van der Waals surface area contributed by atoms with Gasteiger partial charge in [0.25, 0.3) is 0 Å². The molecule has 1 aliphatic heterocycles. The van der Waals surface area contributed by atoms with Gasteiger partial charge >= 0.3 is 0 Å². The number of nitrogens with one attached hydrogen (secondary N) is 2. The van der Waals surface area contributed by atoms with Crippen LogP contribution in [0.2, 0.25) is 0 Å². The number of rotatable bonds is 4. The zero-order valence-corrected chi connectivity index (χ0v) is 16.4. The monoisotopic (exact) mass is 377 g/mol. The summed E-state index contributed by atoms with van der Waals surface area (Å²) in [5, 5.41) is 4.42. The standard InChI is InChI=1S/C18H27N5O2S/c1-4-19-17(23-10-11-26(24,25)18(2,3)13-23)21-9-7-14-12-22-16-15(14)6-5-8-20-16/h5-6,8,12H,4,7,9-11,13H2,1-3H3,(H,19,21)(H,20,22). The molecule has 1 fully saturated rings. The van der Waals surface area contributed by atoms with Gasteiger partial charge in [-0.1, -0.05) is 0 Å². The van der Waals surface area contributed by atoms with Crippen molar-refractivity contribution in [2.75, 3.05) is 31.9 Å². The van der Waals surface area contributed by atoms with Crippen molar-refractivity contribution in [3.8, 4) is 0 Å². The van der Waals surface area contributed by atoms with E-state index in [0.29, 0.717) is 19.6 Å². The molecule has 0 spiro atoms. The topological polar surface area (TPSA) is 90.4 Å². The summed E-state index contributed by atoms with van der Waals surface area (Å²) >= 11 is 0. The van der Waals surface area contributed by atoms with E-state index in [0.717, 1.165) is 30.0 Å². The minimum absolute atomic E-state index is 0.165. The summed E-state index contributed by atoms with van der Waals surface area (Å²) in [4.78, 5) is 14.3. The van der Waals surface area contributed by atoms with Crippen LogP contribution in [0.3, 0.4) is 0 Å². The van der Waals surface area contributed by atoms with Crippen LogP contribution in [0, 0.1) is 0 Å². The number of H-pyrrole nitrogens is 1. The first-order valence-corrected chi connectivity index (χ1v) is 10.7. The second-order valence-electron chi connectivity index (χ2n) is 7.20. The summed E-state index contributed by atoms with van der Waals surface area (Å²) < 4.78 is 23.7. The average molecular weight is 378 g/mol. The molecule has 0 atom stereocenters. The van der Waals surface area contributed by atoms with Crippen molar-refractivity contribution in [3.63, 3.8) is 0 Å². The van der Waals surface area contributed by atoms with Gasteiger partial charge in [0.05, 0.1) is 10.5 Å². The minimum atomic E-state index is -3.06. The molecule has 7 nitrogen and oxygen atoms in total. The van der Waals surface area contributed by atoms with E-state index in [-0.39, 0.29) is 5.75 Å². The quantitative estimate of drug-likeness (QED) is 0.624. The lowest BCUT2D eigenvalue weighted by atomic mass is 10.1. The Bertz CT molecular complexity index is 901. The van der Waals surface area contributed by atoms with Crippen LogP contribution < -0.4 is 5.32 Å². The van der Waals surface area contributed by atoms with Crippen molar-refractivity contribution in [1.82, 2.24) is 20.2 Å². The molecule has 1 saturated heterocycles. The van der Waals surface area contributed by atoms with Gasteiger partial charge in [0.2, 0.25) is 0 Å². The molecule has 0 saturated carbocycles. The normalized spacial score (nSPS) is 19.7. The van der Waals surface area contributed by atoms with Gasteiger partial charge in [0.1, 0.15) is 5.65 Å². The molecule has 142 valence electrons. The van der Waals surface area contributed by atoms with Gasteiger partial charge in [0.15, 0.2) is 15.8 Å². The lowest BCUT2D eigenvalue weighted by Gasteiger charge is -2.39. The first-order valence-electron chi connectivity index (χ1n) is 9.00. The highest BCUT2D eigenvalue weighted by molar-refractivity contribution is 7.92. The molecule has 3 heterocycles. The highest BCUT2D eigenvalue weighted by Crippen LogP contribution is 2.23. The maximum absolute atomic E-state index is 12.2. The maximum atomic E-state index is 12.2. The number of aromatic nitrogens is 2. The molecule has 2 aromatic heterocycles. The fraction of sp³-hybridized carbons (Fsp3) is 0.556. The van der Waals surface area contributed by atoms with Gasteiger partial charge in [-0.15, -0.1) is 0 Å². The minimum Gasteiger partial charge on any atom is -0.357 e. The molecule has 2 aromatic rings. The van der Waals surface area contributed by atoms with E-state index in [2.05, 4.69) is 26.3 Å². The molecule has 2 N–H and O–H groups in total. The third-order valence-corrected chi connectivity index (χ3v) is 7.39. The van der Waals surface area contributed by atoms with E-state index < -0.39 is 14.6 Å². The Balaban J connectivity index is 1.71. The van der Waals surface area contributed by atoms with Crippen molar-refractivity contribution in [2.24, 2.45) is 4.99 Å². The third kappa shape index (κ3) is 3.70. The SMILES string of the molecule is CCNC(=NCCc1c[nH]c2ncccc12)N1CCS(=O)(=O)C(C)(C)C1. The molecule has 3 rings (SSSR count).